The van der Waals surface area contributed by atoms with Crippen LogP contribution in [-0.4, -0.2) is 19.4 Å². The van der Waals surface area contributed by atoms with Gasteiger partial charge < -0.3 is 19.2 Å². The summed E-state index contributed by atoms with van der Waals surface area (Å²) in [7, 11) is 1.33. The van der Waals surface area contributed by atoms with Crippen molar-refractivity contribution in [3.8, 4) is 5.75 Å². The van der Waals surface area contributed by atoms with Crippen molar-refractivity contribution in [1.29, 1.82) is 0 Å². The van der Waals surface area contributed by atoms with Gasteiger partial charge in [-0.15, -0.1) is 13.2 Å². The van der Waals surface area contributed by atoms with Crippen LogP contribution in [0.15, 0.2) is 22.6 Å². The molecular formula is C13H12F3NO4. The van der Waals surface area contributed by atoms with E-state index in [1.165, 1.54) is 32.2 Å². The minimum absolute atomic E-state index is 0.0789. The highest BCUT2D eigenvalue weighted by atomic mass is 19.4. The summed E-state index contributed by atoms with van der Waals surface area (Å²) in [5.41, 5.74) is 0.544. The van der Waals surface area contributed by atoms with Crippen molar-refractivity contribution in [3.05, 3.63) is 24.0 Å². The lowest BCUT2D eigenvalue weighted by molar-refractivity contribution is -0.274. The van der Waals surface area contributed by atoms with Gasteiger partial charge in [0.2, 0.25) is 5.91 Å². The molecule has 114 valence electrons. The highest BCUT2D eigenvalue weighted by Crippen LogP contribution is 2.38. The molecule has 0 saturated heterocycles. The standard InChI is InChI=1S/C13H12F3NO4/c1-7(18)17-8-3-4-10-9(5-8)12(21-13(14,15)16)11(20-10)6-19-2/h3-5H,6H2,1-2H3,(H,17,18). The fourth-order valence-electron chi connectivity index (χ4n) is 1.86. The molecule has 1 N–H and O–H groups in total. The van der Waals surface area contributed by atoms with Gasteiger partial charge in [-0.3, -0.25) is 4.79 Å². The van der Waals surface area contributed by atoms with Crippen molar-refractivity contribution in [2.24, 2.45) is 0 Å². The lowest BCUT2D eigenvalue weighted by Gasteiger charge is -2.09. The van der Waals surface area contributed by atoms with Crippen LogP contribution in [-0.2, 0) is 16.1 Å². The van der Waals surface area contributed by atoms with Crippen LogP contribution in [0.2, 0.25) is 0 Å². The zero-order valence-electron chi connectivity index (χ0n) is 11.2. The zero-order chi connectivity index (χ0) is 15.6. The molecule has 0 saturated carbocycles. The number of halogens is 3. The maximum absolute atomic E-state index is 12.5. The number of nitrogens with one attached hydrogen (secondary N) is 1. The number of carbonyl (C=O) groups is 1. The summed E-state index contributed by atoms with van der Waals surface area (Å²) in [6.07, 6.45) is -4.86. The third-order valence-electron chi connectivity index (χ3n) is 2.52. The van der Waals surface area contributed by atoms with Crippen LogP contribution in [0.25, 0.3) is 11.0 Å². The minimum atomic E-state index is -4.86. The van der Waals surface area contributed by atoms with E-state index in [2.05, 4.69) is 10.1 Å². The maximum Gasteiger partial charge on any atom is 0.573 e. The summed E-state index contributed by atoms with van der Waals surface area (Å²) in [6.45, 7) is 1.12. The molecular weight excluding hydrogens is 291 g/mol. The summed E-state index contributed by atoms with van der Waals surface area (Å²) in [5.74, 6) is -0.885. The average molecular weight is 303 g/mol. The molecule has 0 fully saturated rings. The number of benzene rings is 1. The van der Waals surface area contributed by atoms with Gasteiger partial charge >= 0.3 is 6.36 Å². The molecule has 1 heterocycles. The van der Waals surface area contributed by atoms with Gasteiger partial charge in [0.05, 0.1) is 5.39 Å². The summed E-state index contributed by atoms with van der Waals surface area (Å²) in [6, 6.07) is 4.31. The van der Waals surface area contributed by atoms with E-state index >= 15 is 0 Å². The second-order valence-corrected chi connectivity index (χ2v) is 4.23. The fraction of sp³-hybridized carbons (Fsp3) is 0.308. The van der Waals surface area contributed by atoms with Crippen LogP contribution in [0.5, 0.6) is 5.75 Å². The Labute approximate surface area is 117 Å². The van der Waals surface area contributed by atoms with E-state index in [-0.39, 0.29) is 29.2 Å². The number of carbonyl (C=O) groups excluding carboxylic acids is 1. The van der Waals surface area contributed by atoms with E-state index in [4.69, 9.17) is 9.15 Å². The topological polar surface area (TPSA) is 60.7 Å². The smallest absolute Gasteiger partial charge is 0.455 e. The van der Waals surface area contributed by atoms with Gasteiger partial charge in [-0.05, 0) is 18.2 Å². The van der Waals surface area contributed by atoms with Gasteiger partial charge in [0, 0.05) is 19.7 Å². The summed E-state index contributed by atoms with van der Waals surface area (Å²) < 4.78 is 51.6. The summed E-state index contributed by atoms with van der Waals surface area (Å²) in [5, 5.41) is 2.58. The Morgan fingerprint density at radius 1 is 1.38 bits per heavy atom. The minimum Gasteiger partial charge on any atom is -0.455 e. The summed E-state index contributed by atoms with van der Waals surface area (Å²) in [4.78, 5) is 11.0. The number of hydrogen-bond acceptors (Lipinski definition) is 4. The number of alkyl halides is 3. The Balaban J connectivity index is 2.52. The highest BCUT2D eigenvalue weighted by Gasteiger charge is 2.34. The van der Waals surface area contributed by atoms with Gasteiger partial charge in [-0.2, -0.15) is 0 Å². The van der Waals surface area contributed by atoms with E-state index in [1.807, 2.05) is 0 Å². The first-order chi connectivity index (χ1) is 9.80. The van der Waals surface area contributed by atoms with Crippen molar-refractivity contribution in [1.82, 2.24) is 0 Å². The van der Waals surface area contributed by atoms with E-state index < -0.39 is 12.1 Å². The Bertz CT molecular complexity index is 663. The number of ether oxygens (including phenoxy) is 2. The second-order valence-electron chi connectivity index (χ2n) is 4.23. The molecule has 0 radical (unpaired) electrons. The lowest BCUT2D eigenvalue weighted by atomic mass is 10.2. The first-order valence-corrected chi connectivity index (χ1v) is 5.88. The molecule has 0 aliphatic heterocycles. The Hall–Kier alpha value is -2.22. The quantitative estimate of drug-likeness (QED) is 0.940. The van der Waals surface area contributed by atoms with Crippen LogP contribution < -0.4 is 10.1 Å². The second kappa shape index (κ2) is 5.65. The third-order valence-corrected chi connectivity index (χ3v) is 2.52. The molecule has 0 atom stereocenters. The molecule has 5 nitrogen and oxygen atoms in total. The van der Waals surface area contributed by atoms with Crippen LogP contribution in [0.1, 0.15) is 12.7 Å². The lowest BCUT2D eigenvalue weighted by Crippen LogP contribution is -2.17. The monoisotopic (exact) mass is 303 g/mol. The third kappa shape index (κ3) is 3.66. The largest absolute Gasteiger partial charge is 0.573 e. The van der Waals surface area contributed by atoms with Crippen molar-refractivity contribution in [3.63, 3.8) is 0 Å². The van der Waals surface area contributed by atoms with E-state index in [0.717, 1.165) is 0 Å². The molecule has 0 aliphatic rings. The fourth-order valence-corrected chi connectivity index (χ4v) is 1.86. The maximum atomic E-state index is 12.5. The number of hydrogen-bond donors (Lipinski definition) is 1. The molecule has 0 bridgehead atoms. The molecule has 1 aromatic carbocycles. The predicted octanol–water partition coefficient (Wildman–Crippen LogP) is 3.44. The van der Waals surface area contributed by atoms with E-state index in [1.54, 1.807) is 0 Å². The Kier molecular flexibility index (Phi) is 4.08. The van der Waals surface area contributed by atoms with Gasteiger partial charge in [0.1, 0.15) is 12.2 Å². The predicted molar refractivity (Wildman–Crippen MR) is 67.9 cm³/mol. The SMILES string of the molecule is COCc1oc2ccc(NC(C)=O)cc2c1OC(F)(F)F. The van der Waals surface area contributed by atoms with Crippen LogP contribution >= 0.6 is 0 Å². The number of anilines is 1. The molecule has 8 heteroatoms. The molecule has 2 aromatic rings. The zero-order valence-corrected chi connectivity index (χ0v) is 11.2. The van der Waals surface area contributed by atoms with Crippen molar-refractivity contribution >= 4 is 22.6 Å². The van der Waals surface area contributed by atoms with E-state index in [9.17, 15) is 18.0 Å². The van der Waals surface area contributed by atoms with Crippen molar-refractivity contribution in [2.45, 2.75) is 19.9 Å². The van der Waals surface area contributed by atoms with Crippen LogP contribution in [0.3, 0.4) is 0 Å². The number of furan rings is 1. The molecule has 1 amide bonds. The van der Waals surface area contributed by atoms with E-state index in [0.29, 0.717) is 5.69 Å². The molecule has 21 heavy (non-hydrogen) atoms. The normalized spacial score (nSPS) is 11.7. The number of fused-ring (bicyclic) bond motifs is 1. The first kappa shape index (κ1) is 15.2. The molecule has 0 aliphatic carbocycles. The Morgan fingerprint density at radius 2 is 2.10 bits per heavy atom. The van der Waals surface area contributed by atoms with Gasteiger partial charge in [-0.25, -0.2) is 0 Å². The summed E-state index contributed by atoms with van der Waals surface area (Å²) >= 11 is 0. The van der Waals surface area contributed by atoms with Gasteiger partial charge in [0.15, 0.2) is 11.5 Å². The number of methoxy groups -OCH3 is 1. The van der Waals surface area contributed by atoms with Crippen LogP contribution in [0.4, 0.5) is 18.9 Å². The van der Waals surface area contributed by atoms with Crippen LogP contribution in [0, 0.1) is 0 Å². The Morgan fingerprint density at radius 3 is 2.67 bits per heavy atom. The molecule has 0 spiro atoms. The number of amides is 1. The first-order valence-electron chi connectivity index (χ1n) is 5.88. The number of rotatable bonds is 4. The molecule has 0 unspecified atom stereocenters. The molecule has 1 aromatic heterocycles. The van der Waals surface area contributed by atoms with Gasteiger partial charge in [-0.1, -0.05) is 0 Å². The van der Waals surface area contributed by atoms with Crippen molar-refractivity contribution in [2.75, 3.05) is 12.4 Å². The highest BCUT2D eigenvalue weighted by molar-refractivity contribution is 5.94. The average Bonchev–Trinajstić information content (AvgIpc) is 2.65. The molecule has 2 rings (SSSR count). The van der Waals surface area contributed by atoms with Gasteiger partial charge in [0.25, 0.3) is 0 Å². The van der Waals surface area contributed by atoms with Crippen molar-refractivity contribution < 1.29 is 31.9 Å².